The molecule has 6 rings (SSSR count). The Hall–Kier alpha value is -4.25. The molecule has 2 aliphatic heterocycles. The molecule has 0 saturated carbocycles. The summed E-state index contributed by atoms with van der Waals surface area (Å²) in [6.07, 6.45) is 5.02. The normalized spacial score (nSPS) is 17.4. The van der Waals surface area contributed by atoms with E-state index in [-0.39, 0.29) is 5.41 Å². The van der Waals surface area contributed by atoms with E-state index in [0.717, 1.165) is 72.6 Å². The van der Waals surface area contributed by atoms with E-state index in [1.807, 2.05) is 40.9 Å². The topological polar surface area (TPSA) is 136 Å². The van der Waals surface area contributed by atoms with Crippen LogP contribution in [-0.4, -0.2) is 61.0 Å². The van der Waals surface area contributed by atoms with Gasteiger partial charge in [-0.25, -0.2) is 19.7 Å². The molecular formula is C34H44N8O3. The van der Waals surface area contributed by atoms with E-state index in [1.165, 1.54) is 11.1 Å². The third-order valence-electron chi connectivity index (χ3n) is 9.13. The van der Waals surface area contributed by atoms with Gasteiger partial charge in [-0.2, -0.15) is 5.10 Å². The summed E-state index contributed by atoms with van der Waals surface area (Å²) in [6, 6.07) is 6.45. The van der Waals surface area contributed by atoms with Gasteiger partial charge in [-0.05, 0) is 69.1 Å². The van der Waals surface area contributed by atoms with E-state index in [2.05, 4.69) is 56.9 Å². The molecule has 1 atom stereocenters. The fourth-order valence-electron chi connectivity index (χ4n) is 6.66. The van der Waals surface area contributed by atoms with Crippen molar-refractivity contribution in [3.8, 4) is 11.1 Å². The second kappa shape index (κ2) is 11.3. The van der Waals surface area contributed by atoms with Crippen LogP contribution in [0.25, 0.3) is 22.2 Å². The van der Waals surface area contributed by atoms with Gasteiger partial charge in [0, 0.05) is 50.0 Å². The summed E-state index contributed by atoms with van der Waals surface area (Å²) in [7, 11) is 1.89. The highest BCUT2D eigenvalue weighted by atomic mass is 16.5. The van der Waals surface area contributed by atoms with Crippen molar-refractivity contribution in [2.45, 2.75) is 79.1 Å². The van der Waals surface area contributed by atoms with Crippen molar-refractivity contribution < 1.29 is 14.6 Å². The second-order valence-corrected chi connectivity index (χ2v) is 14.2. The van der Waals surface area contributed by atoms with Crippen LogP contribution in [0, 0.1) is 12.3 Å². The lowest BCUT2D eigenvalue weighted by atomic mass is 9.82. The van der Waals surface area contributed by atoms with E-state index in [4.69, 9.17) is 15.5 Å². The molecule has 0 amide bonds. The van der Waals surface area contributed by atoms with Crippen LogP contribution < -0.4 is 15.5 Å². The van der Waals surface area contributed by atoms with Gasteiger partial charge in [-0.15, -0.1) is 0 Å². The molecule has 0 aliphatic carbocycles. The highest BCUT2D eigenvalue weighted by Gasteiger charge is 2.37. The zero-order valence-electron chi connectivity index (χ0n) is 27.4. The fourth-order valence-corrected chi connectivity index (χ4v) is 6.66. The van der Waals surface area contributed by atoms with E-state index >= 15 is 0 Å². The first kappa shape index (κ1) is 30.8. The Labute approximate surface area is 264 Å². The summed E-state index contributed by atoms with van der Waals surface area (Å²) in [6.45, 7) is 15.1. The Morgan fingerprint density at radius 2 is 1.82 bits per heavy atom. The minimum atomic E-state index is -1.19. The summed E-state index contributed by atoms with van der Waals surface area (Å²) in [5, 5.41) is 15.8. The van der Waals surface area contributed by atoms with Gasteiger partial charge in [-0.1, -0.05) is 32.0 Å². The maximum atomic E-state index is 12.8. The number of hydrogen-bond donors (Lipinski definition) is 2. The molecule has 1 aromatic carbocycles. The van der Waals surface area contributed by atoms with Crippen LogP contribution in [0.15, 0.2) is 30.7 Å². The smallest absolute Gasteiger partial charge is 0.337 e. The van der Waals surface area contributed by atoms with Crippen molar-refractivity contribution in [2.24, 2.45) is 12.5 Å². The molecule has 11 heteroatoms. The summed E-state index contributed by atoms with van der Waals surface area (Å²) in [5.41, 5.74) is 13.2. The zero-order valence-corrected chi connectivity index (χ0v) is 27.4. The zero-order chi connectivity index (χ0) is 32.3. The molecule has 0 radical (unpaired) electrons. The number of aliphatic carboxylic acids is 1. The number of rotatable bonds is 6. The van der Waals surface area contributed by atoms with Crippen molar-refractivity contribution in [3.05, 3.63) is 53.1 Å². The van der Waals surface area contributed by atoms with Gasteiger partial charge in [0.25, 0.3) is 0 Å². The monoisotopic (exact) mass is 612 g/mol. The first-order valence-electron chi connectivity index (χ1n) is 15.7. The standard InChI is InChI=1S/C34H44N8O3/c1-20-25(28(32(43)44)45-33(2,3)4)27(41-14-11-34(5,6)12-15-41)26(29(35)39-20)22-8-9-23-18-42(13-10-21(23)16-22)31-24-17-38-40(7)30(24)36-19-37-31/h8-9,16-17,19,28H,10-15,18H2,1-7H3,(H2,35,39)(H,43,44)/t28-/m0/s1. The van der Waals surface area contributed by atoms with E-state index in [1.54, 1.807) is 11.0 Å². The molecule has 0 unspecified atom stereocenters. The molecule has 0 bridgehead atoms. The number of piperidine rings is 1. The average Bonchev–Trinajstić information content (AvgIpc) is 3.35. The highest BCUT2D eigenvalue weighted by Crippen LogP contribution is 2.46. The van der Waals surface area contributed by atoms with Gasteiger partial charge in [0.1, 0.15) is 18.0 Å². The number of fused-ring (bicyclic) bond motifs is 2. The summed E-state index contributed by atoms with van der Waals surface area (Å²) < 4.78 is 7.98. The van der Waals surface area contributed by atoms with Crippen LogP contribution in [0.2, 0.25) is 0 Å². The number of nitrogens with two attached hydrogens (primary N) is 1. The number of anilines is 3. The van der Waals surface area contributed by atoms with Gasteiger partial charge >= 0.3 is 5.97 Å². The first-order valence-corrected chi connectivity index (χ1v) is 15.7. The Bertz CT molecular complexity index is 1760. The van der Waals surface area contributed by atoms with Gasteiger partial charge in [0.15, 0.2) is 11.8 Å². The van der Waals surface area contributed by atoms with Crippen LogP contribution in [-0.2, 0) is 29.5 Å². The summed E-state index contributed by atoms with van der Waals surface area (Å²) in [5.74, 6) is 0.240. The molecule has 2 aliphatic rings. The molecule has 3 N–H and O–H groups in total. The molecule has 238 valence electrons. The molecular weight excluding hydrogens is 568 g/mol. The highest BCUT2D eigenvalue weighted by molar-refractivity contribution is 5.92. The Kier molecular flexibility index (Phi) is 7.71. The van der Waals surface area contributed by atoms with Gasteiger partial charge < -0.3 is 25.4 Å². The van der Waals surface area contributed by atoms with Crippen LogP contribution in [0.5, 0.6) is 0 Å². The maximum Gasteiger partial charge on any atom is 0.337 e. The number of nitrogens with zero attached hydrogens (tertiary/aromatic N) is 7. The number of carboxylic acids is 1. The predicted octanol–water partition coefficient (Wildman–Crippen LogP) is 5.45. The largest absolute Gasteiger partial charge is 0.479 e. The van der Waals surface area contributed by atoms with Gasteiger partial charge in [0.2, 0.25) is 0 Å². The minimum Gasteiger partial charge on any atom is -0.479 e. The molecule has 5 heterocycles. The van der Waals surface area contributed by atoms with Crippen molar-refractivity contribution in [3.63, 3.8) is 0 Å². The number of carbonyl (C=O) groups is 1. The van der Waals surface area contributed by atoms with E-state index in [9.17, 15) is 9.90 Å². The van der Waals surface area contributed by atoms with E-state index in [0.29, 0.717) is 23.6 Å². The quantitative estimate of drug-likeness (QED) is 0.289. The molecule has 0 spiro atoms. The molecule has 4 aromatic rings. The SMILES string of the molecule is Cc1nc(N)c(-c2ccc3c(c2)CCN(c2ncnc4c2cnn4C)C3)c(N2CCC(C)(C)CC2)c1[C@H](OC(C)(C)C)C(=O)O. The van der Waals surface area contributed by atoms with Crippen molar-refractivity contribution in [1.29, 1.82) is 0 Å². The number of benzene rings is 1. The number of pyridine rings is 1. The Balaban J connectivity index is 1.44. The third kappa shape index (κ3) is 5.93. The molecule has 3 aromatic heterocycles. The van der Waals surface area contributed by atoms with E-state index < -0.39 is 17.7 Å². The number of nitrogen functional groups attached to an aromatic ring is 1. The predicted molar refractivity (Wildman–Crippen MR) is 176 cm³/mol. The molecule has 1 saturated heterocycles. The minimum absolute atomic E-state index is 0.210. The lowest BCUT2D eigenvalue weighted by Gasteiger charge is -2.41. The summed E-state index contributed by atoms with van der Waals surface area (Å²) in [4.78, 5) is 31.1. The average molecular weight is 613 g/mol. The summed E-state index contributed by atoms with van der Waals surface area (Å²) >= 11 is 0. The van der Waals surface area contributed by atoms with Crippen LogP contribution in [0.4, 0.5) is 17.3 Å². The van der Waals surface area contributed by atoms with Crippen LogP contribution in [0.1, 0.15) is 75.9 Å². The van der Waals surface area contributed by atoms with Gasteiger partial charge in [0.05, 0.1) is 22.9 Å². The number of aryl methyl sites for hydroxylation is 2. The third-order valence-corrected chi connectivity index (χ3v) is 9.13. The number of ether oxygens (including phenoxy) is 1. The fraction of sp³-hybridized carbons (Fsp3) is 0.500. The first-order chi connectivity index (χ1) is 21.2. The van der Waals surface area contributed by atoms with Crippen molar-refractivity contribution in [2.75, 3.05) is 35.2 Å². The Morgan fingerprint density at radius 1 is 1.09 bits per heavy atom. The Morgan fingerprint density at radius 3 is 2.51 bits per heavy atom. The lowest BCUT2D eigenvalue weighted by molar-refractivity contribution is -0.160. The van der Waals surface area contributed by atoms with Crippen LogP contribution in [0.3, 0.4) is 0 Å². The molecule has 11 nitrogen and oxygen atoms in total. The van der Waals surface area contributed by atoms with Crippen molar-refractivity contribution >= 4 is 34.3 Å². The number of hydrogen-bond acceptors (Lipinski definition) is 9. The second-order valence-electron chi connectivity index (χ2n) is 14.2. The maximum absolute atomic E-state index is 12.8. The van der Waals surface area contributed by atoms with Gasteiger partial charge in [-0.3, -0.25) is 4.68 Å². The molecule has 1 fully saturated rings. The van der Waals surface area contributed by atoms with Crippen LogP contribution >= 0.6 is 0 Å². The lowest BCUT2D eigenvalue weighted by Crippen LogP contribution is -2.39. The number of aromatic nitrogens is 5. The van der Waals surface area contributed by atoms with Crippen molar-refractivity contribution in [1.82, 2.24) is 24.7 Å². The number of carboxylic acid groups (broad SMARTS) is 1. The molecule has 45 heavy (non-hydrogen) atoms.